The maximum Gasteiger partial charge on any atom is 0.389 e. The van der Waals surface area contributed by atoms with Gasteiger partial charge in [0.15, 0.2) is 0 Å². The lowest BCUT2D eigenvalue weighted by Crippen LogP contribution is -2.07. The predicted octanol–water partition coefficient (Wildman–Crippen LogP) is 2.49. The average Bonchev–Trinajstić information content (AvgIpc) is 1.78. The van der Waals surface area contributed by atoms with Crippen LogP contribution in [-0.2, 0) is 0 Å². The van der Waals surface area contributed by atoms with E-state index in [4.69, 9.17) is 5.73 Å². The minimum atomic E-state index is -3.99. The van der Waals surface area contributed by atoms with Gasteiger partial charge < -0.3 is 5.73 Å². The molecule has 70 valence electrons. The first-order chi connectivity index (χ1) is 4.56. The summed E-state index contributed by atoms with van der Waals surface area (Å²) in [5, 5.41) is 0. The molecule has 0 aromatic rings. The lowest BCUT2D eigenvalue weighted by Gasteiger charge is -2.03. The van der Waals surface area contributed by atoms with Gasteiger partial charge >= 0.3 is 6.18 Å². The number of nitrogens with two attached hydrogens (primary N) is 1. The van der Waals surface area contributed by atoms with Crippen molar-refractivity contribution in [1.29, 1.82) is 0 Å². The summed E-state index contributed by atoms with van der Waals surface area (Å²) in [6.45, 7) is 0.484. The molecule has 0 atom stereocenters. The Morgan fingerprint density at radius 1 is 1.00 bits per heavy atom. The molecule has 2 N–H and O–H groups in total. The lowest BCUT2D eigenvalue weighted by atomic mass is 10.2. The molecule has 0 aromatic carbocycles. The quantitative estimate of drug-likeness (QED) is 0.679. The van der Waals surface area contributed by atoms with Crippen molar-refractivity contribution in [2.75, 3.05) is 6.54 Å². The molecular weight excluding hydrogens is 179 g/mol. The zero-order valence-electron chi connectivity index (χ0n) is 6.16. The molecule has 0 amide bonds. The summed E-state index contributed by atoms with van der Waals surface area (Å²) >= 11 is 0. The molecule has 0 unspecified atom stereocenters. The van der Waals surface area contributed by atoms with E-state index >= 15 is 0 Å². The Hall–Kier alpha value is 0.0400. The molecule has 0 fully saturated rings. The fraction of sp³-hybridized carbons (Fsp3) is 1.00. The topological polar surface area (TPSA) is 26.0 Å². The van der Waals surface area contributed by atoms with Gasteiger partial charge in [-0.25, -0.2) is 0 Å². The van der Waals surface area contributed by atoms with Crippen LogP contribution in [0, 0.1) is 0 Å². The summed E-state index contributed by atoms with van der Waals surface area (Å²) in [6.07, 6.45) is -3.19. The van der Waals surface area contributed by atoms with E-state index in [-0.39, 0.29) is 18.8 Å². The summed E-state index contributed by atoms with van der Waals surface area (Å²) in [5.41, 5.74) is 5.10. The Bertz CT molecular complexity index is 84.4. The van der Waals surface area contributed by atoms with Crippen LogP contribution in [0.2, 0.25) is 0 Å². The summed E-state index contributed by atoms with van der Waals surface area (Å²) in [7, 11) is 0. The molecule has 0 aromatic heterocycles. The Labute approximate surface area is 70.6 Å². The number of rotatable bonds is 4. The fourth-order valence-electron chi connectivity index (χ4n) is 0.647. The third kappa shape index (κ3) is 13.1. The van der Waals surface area contributed by atoms with Crippen molar-refractivity contribution in [3.8, 4) is 0 Å². The number of hydrogen-bond acceptors (Lipinski definition) is 1. The Kier molecular flexibility index (Phi) is 8.33. The van der Waals surface area contributed by atoms with Gasteiger partial charge in [0.2, 0.25) is 0 Å². The van der Waals surface area contributed by atoms with Gasteiger partial charge in [-0.2, -0.15) is 13.2 Å². The zero-order valence-corrected chi connectivity index (χ0v) is 6.97. The van der Waals surface area contributed by atoms with Crippen LogP contribution in [0.4, 0.5) is 13.2 Å². The van der Waals surface area contributed by atoms with E-state index in [0.29, 0.717) is 19.4 Å². The number of halogens is 4. The second-order valence-corrected chi connectivity index (χ2v) is 2.21. The lowest BCUT2D eigenvalue weighted by molar-refractivity contribution is -0.135. The summed E-state index contributed by atoms with van der Waals surface area (Å²) in [6, 6.07) is 0. The molecule has 1 nitrogen and oxygen atoms in total. The minimum Gasteiger partial charge on any atom is -0.330 e. The molecule has 0 saturated heterocycles. The first-order valence-corrected chi connectivity index (χ1v) is 3.33. The van der Waals surface area contributed by atoms with Crippen LogP contribution in [0.5, 0.6) is 0 Å². The van der Waals surface area contributed by atoms with Crippen LogP contribution in [0.15, 0.2) is 0 Å². The molecule has 0 aliphatic rings. The largest absolute Gasteiger partial charge is 0.389 e. The van der Waals surface area contributed by atoms with Crippen molar-refractivity contribution in [3.05, 3.63) is 0 Å². The average molecular weight is 192 g/mol. The van der Waals surface area contributed by atoms with Crippen LogP contribution in [0.3, 0.4) is 0 Å². The molecule has 0 bridgehead atoms. The highest BCUT2D eigenvalue weighted by Gasteiger charge is 2.25. The molecule has 0 aliphatic heterocycles. The second kappa shape index (κ2) is 6.73. The third-order valence-electron chi connectivity index (χ3n) is 1.16. The molecule has 0 radical (unpaired) electrons. The maximum atomic E-state index is 11.5. The third-order valence-corrected chi connectivity index (χ3v) is 1.16. The summed E-state index contributed by atoms with van der Waals surface area (Å²) in [5.74, 6) is 0. The predicted molar refractivity (Wildman–Crippen MR) is 40.8 cm³/mol. The Morgan fingerprint density at radius 2 is 1.55 bits per heavy atom. The molecule has 0 saturated carbocycles. The maximum absolute atomic E-state index is 11.5. The second-order valence-electron chi connectivity index (χ2n) is 2.21. The molecule has 0 spiro atoms. The van der Waals surface area contributed by atoms with E-state index in [0.717, 1.165) is 0 Å². The van der Waals surface area contributed by atoms with Gasteiger partial charge in [0.05, 0.1) is 0 Å². The molecule has 0 aliphatic carbocycles. The smallest absolute Gasteiger partial charge is 0.330 e. The minimum absolute atomic E-state index is 0. The van der Waals surface area contributed by atoms with E-state index < -0.39 is 12.6 Å². The Balaban J connectivity index is 0. The van der Waals surface area contributed by atoms with Crippen molar-refractivity contribution >= 4 is 12.4 Å². The Morgan fingerprint density at radius 3 is 1.91 bits per heavy atom. The molecule has 11 heavy (non-hydrogen) atoms. The van der Waals surface area contributed by atoms with Crippen molar-refractivity contribution in [1.82, 2.24) is 0 Å². The number of alkyl halides is 3. The van der Waals surface area contributed by atoms with E-state index in [1.807, 2.05) is 0 Å². The van der Waals surface area contributed by atoms with Gasteiger partial charge in [-0.1, -0.05) is 6.42 Å². The highest BCUT2D eigenvalue weighted by Crippen LogP contribution is 2.22. The van der Waals surface area contributed by atoms with Gasteiger partial charge in [0, 0.05) is 6.42 Å². The van der Waals surface area contributed by atoms with Crippen molar-refractivity contribution in [3.63, 3.8) is 0 Å². The van der Waals surface area contributed by atoms with Gasteiger partial charge in [0.1, 0.15) is 0 Å². The van der Waals surface area contributed by atoms with Crippen LogP contribution in [-0.4, -0.2) is 12.7 Å². The molecular formula is C6H13ClF3N. The van der Waals surface area contributed by atoms with Crippen LogP contribution < -0.4 is 5.73 Å². The first kappa shape index (κ1) is 13.6. The first-order valence-electron chi connectivity index (χ1n) is 3.33. The van der Waals surface area contributed by atoms with Crippen LogP contribution in [0.25, 0.3) is 0 Å². The highest BCUT2D eigenvalue weighted by atomic mass is 35.5. The standard InChI is InChI=1S/C6H12F3N.ClH/c7-6(8,9)4-2-1-3-5-10;/h1-5,10H2;1H. The molecule has 0 rings (SSSR count). The normalized spacial score (nSPS) is 10.9. The fourth-order valence-corrected chi connectivity index (χ4v) is 0.647. The summed E-state index contributed by atoms with van der Waals surface area (Å²) in [4.78, 5) is 0. The summed E-state index contributed by atoms with van der Waals surface area (Å²) < 4.78 is 34.4. The van der Waals surface area contributed by atoms with Gasteiger partial charge in [-0.3, -0.25) is 0 Å². The van der Waals surface area contributed by atoms with E-state index in [1.54, 1.807) is 0 Å². The van der Waals surface area contributed by atoms with E-state index in [9.17, 15) is 13.2 Å². The zero-order chi connectivity index (χ0) is 8.04. The van der Waals surface area contributed by atoms with E-state index in [2.05, 4.69) is 0 Å². The molecule has 5 heteroatoms. The van der Waals surface area contributed by atoms with Gasteiger partial charge in [-0.15, -0.1) is 12.4 Å². The van der Waals surface area contributed by atoms with Gasteiger partial charge in [-0.05, 0) is 19.4 Å². The van der Waals surface area contributed by atoms with Crippen molar-refractivity contribution in [2.45, 2.75) is 31.9 Å². The molecule has 0 heterocycles. The van der Waals surface area contributed by atoms with Gasteiger partial charge in [0.25, 0.3) is 0 Å². The van der Waals surface area contributed by atoms with E-state index in [1.165, 1.54) is 0 Å². The number of unbranched alkanes of at least 4 members (excludes halogenated alkanes) is 2. The SMILES string of the molecule is Cl.NCCCCCC(F)(F)F. The van der Waals surface area contributed by atoms with Crippen LogP contribution in [0.1, 0.15) is 25.7 Å². The number of hydrogen-bond donors (Lipinski definition) is 1. The van der Waals surface area contributed by atoms with Crippen molar-refractivity contribution < 1.29 is 13.2 Å². The monoisotopic (exact) mass is 191 g/mol. The van der Waals surface area contributed by atoms with Crippen molar-refractivity contribution in [2.24, 2.45) is 5.73 Å². The van der Waals surface area contributed by atoms with Crippen LogP contribution >= 0.6 is 12.4 Å². The highest BCUT2D eigenvalue weighted by molar-refractivity contribution is 5.85.